The Bertz CT molecular complexity index is 350. The Kier molecular flexibility index (Phi) is 8.05. The van der Waals surface area contributed by atoms with Crippen molar-refractivity contribution in [2.24, 2.45) is 0 Å². The Balaban J connectivity index is -0.000000845. The zero-order valence-electron chi connectivity index (χ0n) is 8.50. The minimum absolute atomic E-state index is 0. The fraction of sp³-hybridized carbons (Fsp3) is 0.667. The van der Waals surface area contributed by atoms with Crippen LogP contribution in [-0.2, 0) is 19.7 Å². The Morgan fingerprint density at radius 3 is 1.69 bits per heavy atom. The van der Waals surface area contributed by atoms with Gasteiger partial charge in [0, 0.05) is 0 Å². The van der Waals surface area contributed by atoms with Crippen LogP contribution in [0.5, 0.6) is 0 Å². The van der Waals surface area contributed by atoms with Crippen LogP contribution in [0.25, 0.3) is 0 Å². The molecule has 98 valence electrons. The Labute approximate surface area is 91.7 Å². The van der Waals surface area contributed by atoms with Gasteiger partial charge in [-0.25, -0.2) is 0 Å². The third-order valence-electron chi connectivity index (χ3n) is 1.89. The van der Waals surface area contributed by atoms with Crippen LogP contribution in [0.15, 0.2) is 0 Å². The topological polar surface area (TPSA) is 195 Å². The maximum Gasteiger partial charge on any atom is 0.328 e. The molecule has 0 aliphatic carbocycles. The normalized spacial score (nSPS) is 13.9. The van der Waals surface area contributed by atoms with Gasteiger partial charge in [0.2, 0.25) is 4.75 Å². The van der Waals surface area contributed by atoms with E-state index in [1.807, 2.05) is 0 Å². The van der Waals surface area contributed by atoms with E-state index >= 15 is 0 Å². The molecule has 0 aliphatic heterocycles. The predicted octanol–water partition coefficient (Wildman–Crippen LogP) is -1.08. The van der Waals surface area contributed by atoms with Gasteiger partial charge in [0.1, 0.15) is 0 Å². The molecule has 0 rings (SSSR count). The highest BCUT2D eigenvalue weighted by molar-refractivity contribution is 7.88. The second-order valence-electron chi connectivity index (χ2n) is 2.70. The summed E-state index contributed by atoms with van der Waals surface area (Å²) in [7, 11) is -4.95. The Hall–Kier alpha value is -1.23. The first-order chi connectivity index (χ1) is 6.17. The Morgan fingerprint density at radius 2 is 1.62 bits per heavy atom. The second kappa shape index (κ2) is 6.37. The molecule has 0 radical (unpaired) electrons. The summed E-state index contributed by atoms with van der Waals surface area (Å²) in [6, 6.07) is 0. The molecule has 0 saturated heterocycles. The van der Waals surface area contributed by atoms with E-state index in [1.54, 1.807) is 0 Å². The lowest BCUT2D eigenvalue weighted by atomic mass is 10.0. The van der Waals surface area contributed by atoms with E-state index in [0.29, 0.717) is 0 Å². The number of carboxylic acids is 2. The van der Waals surface area contributed by atoms with Gasteiger partial charge >= 0.3 is 11.9 Å². The van der Waals surface area contributed by atoms with E-state index < -0.39 is 39.6 Å². The largest absolute Gasteiger partial charge is 0.481 e. The molecule has 0 bridgehead atoms. The van der Waals surface area contributed by atoms with Gasteiger partial charge in [0.15, 0.2) is 0 Å². The SMILES string of the molecule is CCC(CC(=O)O)(C(=O)O)S(=O)(=O)O.N.O. The molecule has 0 spiro atoms. The molecule has 0 amide bonds. The average Bonchev–Trinajstić information content (AvgIpc) is 1.96. The van der Waals surface area contributed by atoms with Crippen molar-refractivity contribution >= 4 is 22.1 Å². The lowest BCUT2D eigenvalue weighted by molar-refractivity contribution is -0.147. The van der Waals surface area contributed by atoms with Gasteiger partial charge in [-0.05, 0) is 6.42 Å². The van der Waals surface area contributed by atoms with Crippen LogP contribution >= 0.6 is 0 Å². The van der Waals surface area contributed by atoms with Crippen LogP contribution < -0.4 is 6.15 Å². The first-order valence-electron chi connectivity index (χ1n) is 3.59. The standard InChI is InChI=1S/C6H10O7S.H3N.H2O/c1-2-6(5(9)10,3-4(7)8)14(11,12)13;;/h2-3H2,1H3,(H,7,8)(H,9,10)(H,11,12,13);1H3;1H2. The minimum Gasteiger partial charge on any atom is -0.481 e. The zero-order chi connectivity index (χ0) is 11.6. The van der Waals surface area contributed by atoms with Crippen LogP contribution in [0.3, 0.4) is 0 Å². The molecular weight excluding hydrogens is 246 g/mol. The van der Waals surface area contributed by atoms with Crippen molar-refractivity contribution in [3.8, 4) is 0 Å². The summed E-state index contributed by atoms with van der Waals surface area (Å²) in [5.74, 6) is -3.48. The van der Waals surface area contributed by atoms with Gasteiger partial charge < -0.3 is 21.8 Å². The summed E-state index contributed by atoms with van der Waals surface area (Å²) in [6.45, 7) is 1.17. The first kappa shape index (κ1) is 20.2. The van der Waals surface area contributed by atoms with Crippen molar-refractivity contribution < 1.29 is 38.2 Å². The summed E-state index contributed by atoms with van der Waals surface area (Å²) >= 11 is 0. The molecule has 0 saturated carbocycles. The lowest BCUT2D eigenvalue weighted by Gasteiger charge is -2.22. The molecule has 0 aromatic heterocycles. The third kappa shape index (κ3) is 3.73. The van der Waals surface area contributed by atoms with Gasteiger partial charge in [0.25, 0.3) is 10.1 Å². The molecule has 0 fully saturated rings. The van der Waals surface area contributed by atoms with Gasteiger partial charge in [-0.1, -0.05) is 6.92 Å². The van der Waals surface area contributed by atoms with E-state index in [-0.39, 0.29) is 11.6 Å². The van der Waals surface area contributed by atoms with Gasteiger partial charge in [-0.15, -0.1) is 0 Å². The van der Waals surface area contributed by atoms with Crippen LogP contribution in [0.2, 0.25) is 0 Å². The number of aliphatic carboxylic acids is 2. The summed E-state index contributed by atoms with van der Waals surface area (Å²) in [6.07, 6.45) is -1.69. The highest BCUT2D eigenvalue weighted by atomic mass is 32.2. The van der Waals surface area contributed by atoms with Crippen molar-refractivity contribution in [1.29, 1.82) is 0 Å². The number of rotatable bonds is 5. The quantitative estimate of drug-likeness (QED) is 0.448. The van der Waals surface area contributed by atoms with E-state index in [0.717, 1.165) is 0 Å². The van der Waals surface area contributed by atoms with E-state index in [2.05, 4.69) is 0 Å². The van der Waals surface area contributed by atoms with E-state index in [4.69, 9.17) is 14.8 Å². The fourth-order valence-electron chi connectivity index (χ4n) is 0.980. The molecule has 8 N–H and O–H groups in total. The van der Waals surface area contributed by atoms with Crippen molar-refractivity contribution in [2.75, 3.05) is 0 Å². The van der Waals surface area contributed by atoms with Crippen LogP contribution in [0, 0.1) is 0 Å². The molecule has 0 aromatic carbocycles. The zero-order valence-corrected chi connectivity index (χ0v) is 9.32. The predicted molar refractivity (Wildman–Crippen MR) is 53.1 cm³/mol. The van der Waals surface area contributed by atoms with Crippen LogP contribution in [0.1, 0.15) is 19.8 Å². The number of hydrogen-bond donors (Lipinski definition) is 4. The van der Waals surface area contributed by atoms with Crippen molar-refractivity contribution in [3.63, 3.8) is 0 Å². The molecule has 10 heteroatoms. The van der Waals surface area contributed by atoms with E-state index in [9.17, 15) is 18.0 Å². The number of carboxylic acid groups (broad SMARTS) is 2. The molecule has 16 heavy (non-hydrogen) atoms. The van der Waals surface area contributed by atoms with Crippen LogP contribution in [-0.4, -0.2) is 45.3 Å². The van der Waals surface area contributed by atoms with Crippen LogP contribution in [0.4, 0.5) is 0 Å². The first-order valence-corrected chi connectivity index (χ1v) is 5.03. The maximum atomic E-state index is 10.8. The second-order valence-corrected chi connectivity index (χ2v) is 4.43. The maximum absolute atomic E-state index is 10.8. The molecule has 0 aliphatic rings. The number of hydrogen-bond acceptors (Lipinski definition) is 5. The van der Waals surface area contributed by atoms with Gasteiger partial charge in [-0.3, -0.25) is 14.1 Å². The molecule has 1 unspecified atom stereocenters. The third-order valence-corrected chi connectivity index (χ3v) is 3.49. The highest BCUT2D eigenvalue weighted by Crippen LogP contribution is 2.25. The summed E-state index contributed by atoms with van der Waals surface area (Å²) in [4.78, 5) is 20.9. The summed E-state index contributed by atoms with van der Waals surface area (Å²) < 4.78 is 27.6. The molecule has 1 atom stereocenters. The monoisotopic (exact) mass is 261 g/mol. The highest BCUT2D eigenvalue weighted by Gasteiger charge is 2.50. The van der Waals surface area contributed by atoms with Crippen molar-refractivity contribution in [1.82, 2.24) is 6.15 Å². The summed E-state index contributed by atoms with van der Waals surface area (Å²) in [5, 5.41) is 17.0. The van der Waals surface area contributed by atoms with Gasteiger partial charge in [-0.2, -0.15) is 8.42 Å². The molecular formula is C6H15NO8S. The summed E-state index contributed by atoms with van der Waals surface area (Å²) in [5.41, 5.74) is 0. The van der Waals surface area contributed by atoms with Crippen molar-refractivity contribution in [3.05, 3.63) is 0 Å². The minimum atomic E-state index is -4.95. The molecule has 0 aromatic rings. The van der Waals surface area contributed by atoms with E-state index in [1.165, 1.54) is 6.92 Å². The molecule has 0 heterocycles. The Morgan fingerprint density at radius 1 is 1.25 bits per heavy atom. The molecule has 9 nitrogen and oxygen atoms in total. The lowest BCUT2D eigenvalue weighted by Crippen LogP contribution is -2.47. The average molecular weight is 261 g/mol. The van der Waals surface area contributed by atoms with Gasteiger partial charge in [0.05, 0.1) is 6.42 Å². The number of carbonyl (C=O) groups is 2. The fourth-order valence-corrected chi connectivity index (χ4v) is 1.87. The van der Waals surface area contributed by atoms with Crippen molar-refractivity contribution in [2.45, 2.75) is 24.5 Å². The smallest absolute Gasteiger partial charge is 0.328 e.